The normalized spacial score (nSPS) is 9.62. The van der Waals surface area contributed by atoms with Crippen LogP contribution in [-0.4, -0.2) is 16.2 Å². The largest absolute Gasteiger partial charge is 0.350 e. The summed E-state index contributed by atoms with van der Waals surface area (Å²) in [6.07, 6.45) is 2.22. The second kappa shape index (κ2) is 5.70. The van der Waals surface area contributed by atoms with Crippen molar-refractivity contribution in [3.05, 3.63) is 30.1 Å². The van der Waals surface area contributed by atoms with Crippen molar-refractivity contribution in [3.8, 4) is 0 Å². The van der Waals surface area contributed by atoms with Crippen molar-refractivity contribution in [2.24, 2.45) is 0 Å². The molecular formula is C9H11BrN2O. The van der Waals surface area contributed by atoms with Crippen molar-refractivity contribution < 1.29 is 4.79 Å². The van der Waals surface area contributed by atoms with Crippen LogP contribution in [-0.2, 0) is 11.3 Å². The van der Waals surface area contributed by atoms with Crippen LogP contribution < -0.4 is 5.32 Å². The number of aromatic nitrogens is 1. The van der Waals surface area contributed by atoms with E-state index in [4.69, 9.17) is 0 Å². The summed E-state index contributed by atoms with van der Waals surface area (Å²) in [6.45, 7) is 0.507. The monoisotopic (exact) mass is 242 g/mol. The van der Waals surface area contributed by atoms with Crippen molar-refractivity contribution in [2.45, 2.75) is 13.0 Å². The third kappa shape index (κ3) is 4.03. The molecule has 1 N–H and O–H groups in total. The van der Waals surface area contributed by atoms with Gasteiger partial charge in [-0.2, -0.15) is 0 Å². The molecule has 3 nitrogen and oxygen atoms in total. The van der Waals surface area contributed by atoms with Gasteiger partial charge in [0.15, 0.2) is 0 Å². The number of amides is 1. The number of hydrogen-bond acceptors (Lipinski definition) is 2. The van der Waals surface area contributed by atoms with Gasteiger partial charge in [-0.1, -0.05) is 22.0 Å². The number of alkyl halides is 1. The summed E-state index contributed by atoms with van der Waals surface area (Å²) in [5, 5.41) is 3.46. The summed E-state index contributed by atoms with van der Waals surface area (Å²) in [6, 6.07) is 5.64. The number of nitrogens with one attached hydrogen (secondary N) is 1. The molecule has 13 heavy (non-hydrogen) atoms. The van der Waals surface area contributed by atoms with E-state index in [0.29, 0.717) is 18.3 Å². The van der Waals surface area contributed by atoms with Crippen molar-refractivity contribution >= 4 is 21.8 Å². The number of halogens is 1. The van der Waals surface area contributed by atoms with E-state index in [1.54, 1.807) is 6.20 Å². The van der Waals surface area contributed by atoms with E-state index in [1.165, 1.54) is 0 Å². The first kappa shape index (κ1) is 10.2. The Bertz CT molecular complexity index is 264. The first-order valence-electron chi connectivity index (χ1n) is 4.05. The Morgan fingerprint density at radius 1 is 1.54 bits per heavy atom. The molecular weight excluding hydrogens is 232 g/mol. The first-order valence-corrected chi connectivity index (χ1v) is 5.17. The molecule has 0 aliphatic heterocycles. The predicted octanol–water partition coefficient (Wildman–Crippen LogP) is 1.48. The summed E-state index contributed by atoms with van der Waals surface area (Å²) in [7, 11) is 0. The number of nitrogens with zero attached hydrogens (tertiary/aromatic N) is 1. The second-order valence-electron chi connectivity index (χ2n) is 2.54. The van der Waals surface area contributed by atoms with Gasteiger partial charge in [-0.3, -0.25) is 9.78 Å². The molecule has 4 heteroatoms. The van der Waals surface area contributed by atoms with Crippen LogP contribution in [0, 0.1) is 0 Å². The van der Waals surface area contributed by atoms with Gasteiger partial charge < -0.3 is 5.32 Å². The van der Waals surface area contributed by atoms with E-state index in [2.05, 4.69) is 26.2 Å². The van der Waals surface area contributed by atoms with Crippen molar-refractivity contribution in [3.63, 3.8) is 0 Å². The molecule has 0 saturated carbocycles. The molecule has 0 aliphatic carbocycles. The molecule has 0 aliphatic rings. The summed E-state index contributed by atoms with van der Waals surface area (Å²) in [5.41, 5.74) is 0.880. The summed E-state index contributed by atoms with van der Waals surface area (Å²) >= 11 is 3.20. The lowest BCUT2D eigenvalue weighted by Gasteiger charge is -2.02. The fourth-order valence-electron chi connectivity index (χ4n) is 0.866. The van der Waals surface area contributed by atoms with E-state index >= 15 is 0 Å². The summed E-state index contributed by atoms with van der Waals surface area (Å²) < 4.78 is 0. The maximum Gasteiger partial charge on any atom is 0.221 e. The zero-order valence-electron chi connectivity index (χ0n) is 7.16. The van der Waals surface area contributed by atoms with Crippen LogP contribution in [0.3, 0.4) is 0 Å². The van der Waals surface area contributed by atoms with Crippen LogP contribution in [0.4, 0.5) is 0 Å². The van der Waals surface area contributed by atoms with Gasteiger partial charge in [-0.05, 0) is 12.1 Å². The molecule has 0 spiro atoms. The maximum atomic E-state index is 11.0. The van der Waals surface area contributed by atoms with Crippen LogP contribution in [0.2, 0.25) is 0 Å². The van der Waals surface area contributed by atoms with Crippen molar-refractivity contribution in [1.29, 1.82) is 0 Å². The standard InChI is InChI=1S/C9H11BrN2O/c10-5-4-9(13)12-7-8-3-1-2-6-11-8/h1-3,6H,4-5,7H2,(H,12,13). The molecule has 0 aromatic carbocycles. The van der Waals surface area contributed by atoms with Crippen LogP contribution in [0.5, 0.6) is 0 Å². The van der Waals surface area contributed by atoms with Gasteiger partial charge in [0, 0.05) is 17.9 Å². The Morgan fingerprint density at radius 2 is 2.38 bits per heavy atom. The Balaban J connectivity index is 2.31. The van der Waals surface area contributed by atoms with Crippen molar-refractivity contribution in [1.82, 2.24) is 10.3 Å². The molecule has 1 aromatic heterocycles. The minimum Gasteiger partial charge on any atom is -0.350 e. The third-order valence-electron chi connectivity index (χ3n) is 1.51. The molecule has 0 radical (unpaired) electrons. The van der Waals surface area contributed by atoms with Crippen LogP contribution >= 0.6 is 15.9 Å². The van der Waals surface area contributed by atoms with Gasteiger partial charge in [0.2, 0.25) is 5.91 Å². The number of pyridine rings is 1. The predicted molar refractivity (Wildman–Crippen MR) is 54.5 cm³/mol. The van der Waals surface area contributed by atoms with Gasteiger partial charge in [-0.15, -0.1) is 0 Å². The topological polar surface area (TPSA) is 42.0 Å². The fraction of sp³-hybridized carbons (Fsp3) is 0.333. The van der Waals surface area contributed by atoms with E-state index < -0.39 is 0 Å². The van der Waals surface area contributed by atoms with E-state index in [0.717, 1.165) is 5.69 Å². The second-order valence-corrected chi connectivity index (χ2v) is 3.33. The molecule has 1 amide bonds. The van der Waals surface area contributed by atoms with Gasteiger partial charge in [0.05, 0.1) is 12.2 Å². The zero-order valence-corrected chi connectivity index (χ0v) is 8.75. The SMILES string of the molecule is O=C(CCBr)NCc1ccccn1. The van der Waals surface area contributed by atoms with Crippen LogP contribution in [0.15, 0.2) is 24.4 Å². The first-order chi connectivity index (χ1) is 6.33. The van der Waals surface area contributed by atoms with Crippen molar-refractivity contribution in [2.75, 3.05) is 5.33 Å². The minimum atomic E-state index is 0.0440. The highest BCUT2D eigenvalue weighted by Crippen LogP contribution is 1.93. The summed E-state index contributed by atoms with van der Waals surface area (Å²) in [4.78, 5) is 15.1. The lowest BCUT2D eigenvalue weighted by atomic mass is 10.3. The average molecular weight is 243 g/mol. The Morgan fingerprint density at radius 3 is 3.00 bits per heavy atom. The molecule has 0 bridgehead atoms. The highest BCUT2D eigenvalue weighted by Gasteiger charge is 1.99. The number of carbonyl (C=O) groups is 1. The van der Waals surface area contributed by atoms with Gasteiger partial charge in [0.1, 0.15) is 0 Å². The average Bonchev–Trinajstić information content (AvgIpc) is 2.17. The highest BCUT2D eigenvalue weighted by atomic mass is 79.9. The van der Waals surface area contributed by atoms with E-state index in [1.807, 2.05) is 18.2 Å². The zero-order chi connectivity index (χ0) is 9.52. The Kier molecular flexibility index (Phi) is 4.46. The molecule has 1 heterocycles. The molecule has 0 atom stereocenters. The molecule has 1 rings (SSSR count). The maximum absolute atomic E-state index is 11.0. The Hall–Kier alpha value is -0.900. The third-order valence-corrected chi connectivity index (χ3v) is 1.91. The quantitative estimate of drug-likeness (QED) is 0.814. The number of rotatable bonds is 4. The van der Waals surface area contributed by atoms with Crippen LogP contribution in [0.25, 0.3) is 0 Å². The Labute approximate surface area is 85.7 Å². The minimum absolute atomic E-state index is 0.0440. The smallest absolute Gasteiger partial charge is 0.221 e. The van der Waals surface area contributed by atoms with E-state index in [9.17, 15) is 4.79 Å². The van der Waals surface area contributed by atoms with Gasteiger partial charge >= 0.3 is 0 Å². The number of carbonyl (C=O) groups excluding carboxylic acids is 1. The lowest BCUT2D eigenvalue weighted by Crippen LogP contribution is -2.23. The summed E-state index contributed by atoms with van der Waals surface area (Å²) in [5.74, 6) is 0.0440. The van der Waals surface area contributed by atoms with Crippen LogP contribution in [0.1, 0.15) is 12.1 Å². The van der Waals surface area contributed by atoms with E-state index in [-0.39, 0.29) is 5.91 Å². The number of hydrogen-bond donors (Lipinski definition) is 1. The highest BCUT2D eigenvalue weighted by molar-refractivity contribution is 9.09. The molecule has 1 aromatic rings. The molecule has 70 valence electrons. The fourth-order valence-corrected chi connectivity index (χ4v) is 1.23. The molecule has 0 unspecified atom stereocenters. The van der Waals surface area contributed by atoms with Gasteiger partial charge in [-0.25, -0.2) is 0 Å². The molecule has 0 saturated heterocycles. The lowest BCUT2D eigenvalue weighted by molar-refractivity contribution is -0.120. The van der Waals surface area contributed by atoms with Gasteiger partial charge in [0.25, 0.3) is 0 Å². The molecule has 0 fully saturated rings.